The molecule has 2 aromatic carbocycles. The lowest BCUT2D eigenvalue weighted by Crippen LogP contribution is -2.29. The fourth-order valence-corrected chi connectivity index (χ4v) is 2.57. The third-order valence-corrected chi connectivity index (χ3v) is 3.84. The van der Waals surface area contributed by atoms with E-state index in [1.54, 1.807) is 30.3 Å². The molecule has 0 aliphatic heterocycles. The Morgan fingerprint density at radius 3 is 2.52 bits per heavy atom. The summed E-state index contributed by atoms with van der Waals surface area (Å²) in [6, 6.07) is 12.2. The number of aryl methyl sites for hydroxylation is 1. The zero-order valence-corrected chi connectivity index (χ0v) is 12.6. The standard InChI is InChI=1S/C16H16BN3O3/c1-10-19-14-7-4-12(16(18)21)8-15(14)20(10)9-11-2-5-13(6-3-11)17(22)23/h2-8,22-23H,9H2,1H3,(H2,18,21). The van der Waals surface area contributed by atoms with Crippen LogP contribution in [0, 0.1) is 6.92 Å². The van der Waals surface area contributed by atoms with Crippen molar-refractivity contribution in [2.75, 3.05) is 0 Å². The third kappa shape index (κ3) is 2.97. The Kier molecular flexibility index (Phi) is 3.89. The molecular weight excluding hydrogens is 293 g/mol. The minimum absolute atomic E-state index is 0.442. The van der Waals surface area contributed by atoms with Gasteiger partial charge in [0.2, 0.25) is 5.91 Å². The van der Waals surface area contributed by atoms with E-state index in [2.05, 4.69) is 4.98 Å². The predicted molar refractivity (Wildman–Crippen MR) is 88.4 cm³/mol. The number of nitrogens with two attached hydrogens (primary N) is 1. The van der Waals surface area contributed by atoms with E-state index in [4.69, 9.17) is 15.8 Å². The molecule has 0 atom stereocenters. The first-order valence-electron chi connectivity index (χ1n) is 7.17. The van der Waals surface area contributed by atoms with E-state index in [0.717, 1.165) is 22.4 Å². The van der Waals surface area contributed by atoms with Crippen molar-refractivity contribution in [3.8, 4) is 0 Å². The van der Waals surface area contributed by atoms with Crippen molar-refractivity contribution in [3.63, 3.8) is 0 Å². The lowest BCUT2D eigenvalue weighted by Gasteiger charge is -2.08. The number of benzene rings is 2. The van der Waals surface area contributed by atoms with Crippen LogP contribution >= 0.6 is 0 Å². The van der Waals surface area contributed by atoms with Gasteiger partial charge in [0.15, 0.2) is 0 Å². The lowest BCUT2D eigenvalue weighted by atomic mass is 9.80. The van der Waals surface area contributed by atoms with Crippen molar-refractivity contribution in [2.45, 2.75) is 13.5 Å². The maximum absolute atomic E-state index is 11.4. The van der Waals surface area contributed by atoms with E-state index in [1.807, 2.05) is 23.6 Å². The smallest absolute Gasteiger partial charge is 0.423 e. The second-order valence-corrected chi connectivity index (χ2v) is 5.43. The number of imidazole rings is 1. The summed E-state index contributed by atoms with van der Waals surface area (Å²) in [5.74, 6) is 0.353. The largest absolute Gasteiger partial charge is 0.488 e. The van der Waals surface area contributed by atoms with E-state index < -0.39 is 13.0 Å². The summed E-state index contributed by atoms with van der Waals surface area (Å²) in [5.41, 5.74) is 8.85. The number of carbonyl (C=O) groups excluding carboxylic acids is 1. The number of aromatic nitrogens is 2. The summed E-state index contributed by atoms with van der Waals surface area (Å²) in [5, 5.41) is 18.3. The van der Waals surface area contributed by atoms with Crippen LogP contribution in [0.15, 0.2) is 42.5 Å². The molecule has 3 rings (SSSR count). The van der Waals surface area contributed by atoms with Crippen molar-refractivity contribution in [1.82, 2.24) is 9.55 Å². The third-order valence-electron chi connectivity index (χ3n) is 3.84. The van der Waals surface area contributed by atoms with Gasteiger partial charge < -0.3 is 20.3 Å². The molecule has 1 amide bonds. The van der Waals surface area contributed by atoms with E-state index in [0.29, 0.717) is 17.6 Å². The molecule has 6 nitrogen and oxygen atoms in total. The number of hydrogen-bond donors (Lipinski definition) is 3. The number of fused-ring (bicyclic) bond motifs is 1. The van der Waals surface area contributed by atoms with E-state index in [-0.39, 0.29) is 0 Å². The van der Waals surface area contributed by atoms with Crippen LogP contribution in [0.4, 0.5) is 0 Å². The van der Waals surface area contributed by atoms with Crippen molar-refractivity contribution < 1.29 is 14.8 Å². The molecule has 0 fully saturated rings. The molecule has 116 valence electrons. The highest BCUT2D eigenvalue weighted by molar-refractivity contribution is 6.58. The number of hydrogen-bond acceptors (Lipinski definition) is 4. The summed E-state index contributed by atoms with van der Waals surface area (Å²) in [6.07, 6.45) is 0. The molecule has 1 aromatic heterocycles. The van der Waals surface area contributed by atoms with Crippen molar-refractivity contribution in [3.05, 3.63) is 59.4 Å². The van der Waals surface area contributed by atoms with Gasteiger partial charge in [-0.3, -0.25) is 4.79 Å². The molecule has 0 aliphatic carbocycles. The Bertz CT molecular complexity index is 872. The first kappa shape index (κ1) is 15.3. The zero-order chi connectivity index (χ0) is 16.6. The van der Waals surface area contributed by atoms with Gasteiger partial charge in [-0.2, -0.15) is 0 Å². The highest BCUT2D eigenvalue weighted by Crippen LogP contribution is 2.19. The molecule has 0 saturated heterocycles. The number of rotatable bonds is 4. The normalized spacial score (nSPS) is 10.9. The van der Waals surface area contributed by atoms with Crippen molar-refractivity contribution >= 4 is 29.5 Å². The molecule has 3 aromatic rings. The maximum atomic E-state index is 11.4. The number of carbonyl (C=O) groups is 1. The van der Waals surface area contributed by atoms with Crippen LogP contribution in [-0.4, -0.2) is 32.6 Å². The van der Waals surface area contributed by atoms with Gasteiger partial charge in [0.25, 0.3) is 0 Å². The molecule has 0 saturated carbocycles. The van der Waals surface area contributed by atoms with Crippen LogP contribution in [-0.2, 0) is 6.54 Å². The van der Waals surface area contributed by atoms with Gasteiger partial charge >= 0.3 is 7.12 Å². The lowest BCUT2D eigenvalue weighted by molar-refractivity contribution is 0.100. The molecule has 7 heteroatoms. The highest BCUT2D eigenvalue weighted by Gasteiger charge is 2.12. The monoisotopic (exact) mass is 309 g/mol. The van der Waals surface area contributed by atoms with Crippen molar-refractivity contribution in [2.24, 2.45) is 5.73 Å². The average molecular weight is 309 g/mol. The Balaban J connectivity index is 2.00. The van der Waals surface area contributed by atoms with Crippen LogP contribution in [0.5, 0.6) is 0 Å². The minimum Gasteiger partial charge on any atom is -0.423 e. The minimum atomic E-state index is -1.47. The summed E-state index contributed by atoms with van der Waals surface area (Å²) >= 11 is 0. The van der Waals surface area contributed by atoms with E-state index in [9.17, 15) is 4.79 Å². The topological polar surface area (TPSA) is 101 Å². The molecule has 0 radical (unpaired) electrons. The summed E-state index contributed by atoms with van der Waals surface area (Å²) in [4.78, 5) is 15.9. The summed E-state index contributed by atoms with van der Waals surface area (Å²) < 4.78 is 1.99. The first-order chi connectivity index (χ1) is 11.0. The summed E-state index contributed by atoms with van der Waals surface area (Å²) in [6.45, 7) is 2.46. The highest BCUT2D eigenvalue weighted by atomic mass is 16.4. The number of nitrogens with zero attached hydrogens (tertiary/aromatic N) is 2. The molecular formula is C16H16BN3O3. The number of primary amides is 1. The summed E-state index contributed by atoms with van der Waals surface area (Å²) in [7, 11) is -1.47. The Morgan fingerprint density at radius 2 is 1.91 bits per heavy atom. The fourth-order valence-electron chi connectivity index (χ4n) is 2.57. The van der Waals surface area contributed by atoms with Crippen LogP contribution in [0.25, 0.3) is 11.0 Å². The first-order valence-corrected chi connectivity index (χ1v) is 7.17. The van der Waals surface area contributed by atoms with Crippen molar-refractivity contribution in [1.29, 1.82) is 0 Å². The van der Waals surface area contributed by atoms with Crippen LogP contribution in [0.3, 0.4) is 0 Å². The van der Waals surface area contributed by atoms with Gasteiger partial charge in [-0.05, 0) is 36.1 Å². The Morgan fingerprint density at radius 1 is 1.22 bits per heavy atom. The molecule has 0 aliphatic rings. The van der Waals surface area contributed by atoms with Crippen LogP contribution < -0.4 is 11.2 Å². The van der Waals surface area contributed by atoms with E-state index >= 15 is 0 Å². The van der Waals surface area contributed by atoms with Crippen LogP contribution in [0.2, 0.25) is 0 Å². The maximum Gasteiger partial charge on any atom is 0.488 e. The average Bonchev–Trinajstić information content (AvgIpc) is 2.83. The molecule has 23 heavy (non-hydrogen) atoms. The van der Waals surface area contributed by atoms with Gasteiger partial charge in [-0.25, -0.2) is 4.98 Å². The Hall–Kier alpha value is -2.64. The quantitative estimate of drug-likeness (QED) is 0.598. The molecule has 1 heterocycles. The fraction of sp³-hybridized carbons (Fsp3) is 0.125. The van der Waals surface area contributed by atoms with Crippen LogP contribution in [0.1, 0.15) is 21.7 Å². The van der Waals surface area contributed by atoms with Gasteiger partial charge in [0.1, 0.15) is 5.82 Å². The molecule has 4 N–H and O–H groups in total. The Labute approximate surface area is 133 Å². The molecule has 0 unspecified atom stereocenters. The van der Waals surface area contributed by atoms with Gasteiger partial charge in [0, 0.05) is 12.1 Å². The van der Waals surface area contributed by atoms with Gasteiger partial charge in [-0.15, -0.1) is 0 Å². The van der Waals surface area contributed by atoms with Gasteiger partial charge in [0.05, 0.1) is 11.0 Å². The predicted octanol–water partition coefficient (Wildman–Crippen LogP) is 0.172. The number of amides is 1. The zero-order valence-electron chi connectivity index (χ0n) is 12.6. The second kappa shape index (κ2) is 5.87. The van der Waals surface area contributed by atoms with Gasteiger partial charge in [-0.1, -0.05) is 24.3 Å². The SMILES string of the molecule is Cc1nc2ccc(C(N)=O)cc2n1Cc1ccc(B(O)O)cc1. The molecule has 0 spiro atoms. The second-order valence-electron chi connectivity index (χ2n) is 5.43. The van der Waals surface area contributed by atoms with E-state index in [1.165, 1.54) is 0 Å². The molecule has 0 bridgehead atoms.